The highest BCUT2D eigenvalue weighted by Crippen LogP contribution is 2.57. The van der Waals surface area contributed by atoms with Crippen molar-refractivity contribution < 1.29 is 23.9 Å². The molecule has 3 aliphatic rings. The third-order valence-corrected chi connectivity index (χ3v) is 7.96. The van der Waals surface area contributed by atoms with E-state index in [1.165, 1.54) is 0 Å². The molecule has 7 heteroatoms. The minimum absolute atomic E-state index is 0.227. The van der Waals surface area contributed by atoms with Crippen LogP contribution in [0.4, 0.5) is 5.69 Å². The number of carbonyl (C=O) groups is 4. The Kier molecular flexibility index (Phi) is 4.88. The fourth-order valence-electron chi connectivity index (χ4n) is 5.80. The predicted molar refractivity (Wildman–Crippen MR) is 136 cm³/mol. The van der Waals surface area contributed by atoms with E-state index in [0.717, 1.165) is 19.6 Å². The van der Waals surface area contributed by atoms with E-state index in [0.29, 0.717) is 11.3 Å². The zero-order valence-electron chi connectivity index (χ0n) is 18.9. The first-order valence-corrected chi connectivity index (χ1v) is 12.4. The molecule has 6 rings (SSSR count). The van der Waals surface area contributed by atoms with Crippen LogP contribution in [-0.2, 0) is 14.3 Å². The average Bonchev–Trinajstić information content (AvgIpc) is 3.40. The maximum atomic E-state index is 14.0. The number of amides is 2. The largest absolute Gasteiger partial charge is 0.349 e. The summed E-state index contributed by atoms with van der Waals surface area (Å²) in [7, 11) is 0. The van der Waals surface area contributed by atoms with Crippen LogP contribution in [0.1, 0.15) is 43.5 Å². The molecule has 6 nitrogen and oxygen atoms in total. The average molecular weight is 577 g/mol. The van der Waals surface area contributed by atoms with Crippen molar-refractivity contribution in [2.24, 2.45) is 11.8 Å². The first kappa shape index (κ1) is 22.3. The van der Waals surface area contributed by atoms with Gasteiger partial charge in [0, 0.05) is 14.7 Å². The summed E-state index contributed by atoms with van der Waals surface area (Å²) in [6.45, 7) is 3.77. The minimum atomic E-state index is -2.06. The molecule has 2 fully saturated rings. The van der Waals surface area contributed by atoms with Crippen LogP contribution < -0.4 is 4.90 Å². The lowest BCUT2D eigenvalue weighted by Gasteiger charge is -2.27. The highest BCUT2D eigenvalue weighted by molar-refractivity contribution is 14.1. The van der Waals surface area contributed by atoms with Crippen LogP contribution >= 0.6 is 22.6 Å². The van der Waals surface area contributed by atoms with E-state index in [2.05, 4.69) is 22.6 Å². The molecule has 174 valence electrons. The van der Waals surface area contributed by atoms with E-state index in [-0.39, 0.29) is 11.1 Å². The van der Waals surface area contributed by atoms with Crippen molar-refractivity contribution in [3.63, 3.8) is 0 Å². The van der Waals surface area contributed by atoms with Crippen molar-refractivity contribution in [3.05, 3.63) is 98.1 Å². The maximum absolute atomic E-state index is 14.0. The molecule has 0 unspecified atom stereocenters. The second kappa shape index (κ2) is 7.66. The number of anilines is 1. The third-order valence-electron chi connectivity index (χ3n) is 7.29. The van der Waals surface area contributed by atoms with Gasteiger partial charge in [0.2, 0.25) is 29.0 Å². The molecule has 0 aromatic heterocycles. The second-order valence-electron chi connectivity index (χ2n) is 9.34. The first-order valence-electron chi connectivity index (χ1n) is 11.3. The zero-order valence-corrected chi connectivity index (χ0v) is 21.1. The summed E-state index contributed by atoms with van der Waals surface area (Å²) in [5.74, 6) is -4.37. The van der Waals surface area contributed by atoms with Crippen molar-refractivity contribution in [2.75, 3.05) is 4.90 Å². The van der Waals surface area contributed by atoms with Gasteiger partial charge in [-0.3, -0.25) is 19.2 Å². The van der Waals surface area contributed by atoms with Crippen LogP contribution in [0.5, 0.6) is 0 Å². The normalized spacial score (nSPS) is 24.4. The number of hydrogen-bond acceptors (Lipinski definition) is 5. The van der Waals surface area contributed by atoms with E-state index >= 15 is 0 Å². The monoisotopic (exact) mass is 577 g/mol. The van der Waals surface area contributed by atoms with Crippen LogP contribution in [0, 0.1) is 29.3 Å². The summed E-state index contributed by atoms with van der Waals surface area (Å²) >= 11 is 2.16. The van der Waals surface area contributed by atoms with Gasteiger partial charge in [0.1, 0.15) is 0 Å². The molecule has 0 N–H and O–H groups in total. The number of hydrogen-bond donors (Lipinski definition) is 0. The lowest BCUT2D eigenvalue weighted by Crippen LogP contribution is -2.51. The SMILES string of the molecule is Cc1ccc(N2C(=O)[C@@H]3[C@@H](c4cccc(I)c4)OC4(C(=O)c5ccccc5C4=O)[C@@H]3C2=O)c(C)c1. The fraction of sp³-hybridized carbons (Fsp3) is 0.214. The van der Waals surface area contributed by atoms with Gasteiger partial charge in [0.15, 0.2) is 0 Å². The van der Waals surface area contributed by atoms with Crippen LogP contribution in [0.3, 0.4) is 0 Å². The summed E-state index contributed by atoms with van der Waals surface area (Å²) in [5, 5.41) is 0. The number of carbonyl (C=O) groups excluding carboxylic acids is 4. The van der Waals surface area contributed by atoms with Gasteiger partial charge in [-0.05, 0) is 65.8 Å². The summed E-state index contributed by atoms with van der Waals surface area (Å²) in [5.41, 5.74) is 1.28. The predicted octanol–water partition coefficient (Wildman–Crippen LogP) is 4.60. The number of ether oxygens (including phenoxy) is 1. The van der Waals surface area contributed by atoms with E-state index in [4.69, 9.17) is 4.74 Å². The lowest BCUT2D eigenvalue weighted by molar-refractivity contribution is -0.127. The molecule has 3 aromatic carbocycles. The van der Waals surface area contributed by atoms with Crippen molar-refractivity contribution >= 4 is 51.7 Å². The number of Topliss-reactive ketones (excluding diaryl/α,β-unsaturated/α-hetero) is 2. The Bertz CT molecular complexity index is 1440. The minimum Gasteiger partial charge on any atom is -0.349 e. The van der Waals surface area contributed by atoms with Gasteiger partial charge >= 0.3 is 0 Å². The molecule has 0 bridgehead atoms. The molecule has 3 aromatic rings. The van der Waals surface area contributed by atoms with E-state index < -0.39 is 46.9 Å². The lowest BCUT2D eigenvalue weighted by atomic mass is 9.77. The van der Waals surface area contributed by atoms with Crippen molar-refractivity contribution in [3.8, 4) is 0 Å². The molecule has 2 saturated heterocycles. The molecule has 2 amide bonds. The molecule has 0 radical (unpaired) electrons. The van der Waals surface area contributed by atoms with Gasteiger partial charge in [-0.15, -0.1) is 0 Å². The molecule has 2 aliphatic heterocycles. The highest BCUT2D eigenvalue weighted by atomic mass is 127. The van der Waals surface area contributed by atoms with Crippen molar-refractivity contribution in [2.45, 2.75) is 25.6 Å². The van der Waals surface area contributed by atoms with Gasteiger partial charge < -0.3 is 4.74 Å². The second-order valence-corrected chi connectivity index (χ2v) is 10.6. The Morgan fingerprint density at radius 2 is 1.51 bits per heavy atom. The van der Waals surface area contributed by atoms with Gasteiger partial charge in [-0.2, -0.15) is 0 Å². The van der Waals surface area contributed by atoms with Gasteiger partial charge in [0.25, 0.3) is 0 Å². The van der Waals surface area contributed by atoms with Crippen molar-refractivity contribution in [1.29, 1.82) is 0 Å². The number of aryl methyl sites for hydroxylation is 2. The number of ketones is 2. The Labute approximate surface area is 215 Å². The number of rotatable bonds is 2. The Morgan fingerprint density at radius 1 is 0.829 bits per heavy atom. The maximum Gasteiger partial charge on any atom is 0.241 e. The third kappa shape index (κ3) is 2.91. The molecule has 1 spiro atoms. The number of nitrogens with zero attached hydrogens (tertiary/aromatic N) is 1. The van der Waals surface area contributed by atoms with Gasteiger partial charge in [0.05, 0.1) is 23.6 Å². The molecule has 35 heavy (non-hydrogen) atoms. The number of fused-ring (bicyclic) bond motifs is 3. The highest BCUT2D eigenvalue weighted by Gasteiger charge is 2.74. The quantitative estimate of drug-likeness (QED) is 0.253. The molecule has 3 atom stereocenters. The summed E-state index contributed by atoms with van der Waals surface area (Å²) in [6, 6.07) is 19.4. The Hall–Kier alpha value is -3.17. The number of halogens is 1. The topological polar surface area (TPSA) is 80.8 Å². The van der Waals surface area contributed by atoms with E-state index in [1.807, 2.05) is 44.2 Å². The van der Waals surface area contributed by atoms with Crippen LogP contribution in [0.25, 0.3) is 0 Å². The summed E-state index contributed by atoms with van der Waals surface area (Å²) in [4.78, 5) is 56.7. The zero-order chi connectivity index (χ0) is 24.6. The molecular weight excluding hydrogens is 557 g/mol. The Morgan fingerprint density at radius 3 is 2.14 bits per heavy atom. The smallest absolute Gasteiger partial charge is 0.241 e. The van der Waals surface area contributed by atoms with Crippen LogP contribution in [0.2, 0.25) is 0 Å². The Balaban J connectivity index is 1.56. The molecule has 1 aliphatic carbocycles. The van der Waals surface area contributed by atoms with Crippen LogP contribution in [0.15, 0.2) is 66.7 Å². The first-order chi connectivity index (χ1) is 16.8. The molecule has 0 saturated carbocycles. The molecular formula is C28H20INO5. The number of imide groups is 1. The summed E-state index contributed by atoms with van der Waals surface area (Å²) < 4.78 is 7.24. The molecule has 2 heterocycles. The van der Waals surface area contributed by atoms with Gasteiger partial charge in [-0.25, -0.2) is 4.90 Å². The van der Waals surface area contributed by atoms with Gasteiger partial charge in [-0.1, -0.05) is 54.1 Å². The van der Waals surface area contributed by atoms with Crippen LogP contribution in [-0.4, -0.2) is 29.0 Å². The number of benzene rings is 3. The van der Waals surface area contributed by atoms with E-state index in [9.17, 15) is 19.2 Å². The summed E-state index contributed by atoms with van der Waals surface area (Å²) in [6.07, 6.45) is -0.913. The van der Waals surface area contributed by atoms with E-state index in [1.54, 1.807) is 36.4 Å². The van der Waals surface area contributed by atoms with Crippen molar-refractivity contribution in [1.82, 2.24) is 0 Å². The fourth-order valence-corrected chi connectivity index (χ4v) is 6.36. The standard InChI is InChI=1S/C28H20INO5/c1-14-10-11-20(15(2)12-14)30-26(33)21-22(27(30)34)28(35-23(21)16-6-5-7-17(29)13-16)24(31)18-8-3-4-9-19(18)25(28)32/h3-13,21-23H,1-2H3/t21-,22-,23+/m0/s1.